The number of aromatic nitrogens is 2. The summed E-state index contributed by atoms with van der Waals surface area (Å²) in [5.74, 6) is 1.45. The molecule has 0 aliphatic heterocycles. The molecule has 2 amide bonds. The monoisotopic (exact) mass is 396 g/mol. The van der Waals surface area contributed by atoms with Crippen molar-refractivity contribution in [2.75, 3.05) is 19.0 Å². The summed E-state index contributed by atoms with van der Waals surface area (Å²) in [4.78, 5) is 27.8. The maximum absolute atomic E-state index is 12.4. The van der Waals surface area contributed by atoms with Gasteiger partial charge in [0.15, 0.2) is 13.2 Å². The molecule has 0 fully saturated rings. The van der Waals surface area contributed by atoms with Crippen molar-refractivity contribution in [3.63, 3.8) is 0 Å². The zero-order chi connectivity index (χ0) is 20.6. The molecule has 0 saturated carbocycles. The van der Waals surface area contributed by atoms with Gasteiger partial charge in [-0.1, -0.05) is 11.2 Å². The Balaban J connectivity index is 1.55. The molecular weight excluding hydrogens is 376 g/mol. The number of anilines is 1. The maximum Gasteiger partial charge on any atom is 0.257 e. The first-order chi connectivity index (χ1) is 14.0. The summed E-state index contributed by atoms with van der Waals surface area (Å²) in [5.41, 5.74) is 1.02. The van der Waals surface area contributed by atoms with Gasteiger partial charge in [0.1, 0.15) is 11.5 Å². The molecule has 0 spiro atoms. The molecule has 3 rings (SSSR count). The van der Waals surface area contributed by atoms with Crippen LogP contribution in [0.3, 0.4) is 0 Å². The lowest BCUT2D eigenvalue weighted by molar-refractivity contribution is -0.122. The van der Waals surface area contributed by atoms with Gasteiger partial charge in [0.25, 0.3) is 11.8 Å². The van der Waals surface area contributed by atoms with Crippen LogP contribution in [0.4, 0.5) is 5.69 Å². The summed E-state index contributed by atoms with van der Waals surface area (Å²) in [6.07, 6.45) is 0. The summed E-state index contributed by atoms with van der Waals surface area (Å²) in [6, 6.07) is 13.5. The predicted octanol–water partition coefficient (Wildman–Crippen LogP) is 2.33. The fourth-order valence-corrected chi connectivity index (χ4v) is 2.34. The molecule has 1 aromatic heterocycles. The summed E-state index contributed by atoms with van der Waals surface area (Å²) < 4.78 is 15.8. The van der Waals surface area contributed by atoms with Gasteiger partial charge in [-0.15, -0.1) is 0 Å². The smallest absolute Gasteiger partial charge is 0.257 e. The number of amides is 2. The van der Waals surface area contributed by atoms with E-state index in [9.17, 15) is 9.59 Å². The Morgan fingerprint density at radius 1 is 1.07 bits per heavy atom. The molecular formula is C20H20N4O5. The maximum atomic E-state index is 12.4. The normalized spacial score (nSPS) is 10.3. The van der Waals surface area contributed by atoms with Gasteiger partial charge in [-0.05, 0) is 36.4 Å². The summed E-state index contributed by atoms with van der Waals surface area (Å²) in [5, 5.41) is 9.01. The molecule has 2 aromatic carbocycles. The first kappa shape index (κ1) is 19.9. The molecule has 0 radical (unpaired) electrons. The lowest BCUT2D eigenvalue weighted by Gasteiger charge is -2.09. The van der Waals surface area contributed by atoms with Gasteiger partial charge in [-0.25, -0.2) is 0 Å². The van der Waals surface area contributed by atoms with Crippen molar-refractivity contribution in [3.05, 3.63) is 65.8 Å². The molecule has 0 unspecified atom stereocenters. The Kier molecular flexibility index (Phi) is 6.41. The van der Waals surface area contributed by atoms with Crippen LogP contribution in [0.5, 0.6) is 11.5 Å². The quantitative estimate of drug-likeness (QED) is 0.600. The van der Waals surface area contributed by atoms with E-state index in [2.05, 4.69) is 20.8 Å². The Morgan fingerprint density at radius 2 is 1.86 bits per heavy atom. The molecule has 2 N–H and O–H groups in total. The SMILES string of the molecule is CNC(=O)COc1cccc(NC(=O)c2ccc(OCc3noc(C)n3)cc2)c1. The van der Waals surface area contributed by atoms with E-state index < -0.39 is 0 Å². The van der Waals surface area contributed by atoms with Crippen molar-refractivity contribution in [2.45, 2.75) is 13.5 Å². The van der Waals surface area contributed by atoms with Crippen LogP contribution in [0.1, 0.15) is 22.1 Å². The molecule has 0 atom stereocenters. The molecule has 9 nitrogen and oxygen atoms in total. The van der Waals surface area contributed by atoms with Gasteiger partial charge < -0.3 is 24.6 Å². The molecule has 150 valence electrons. The Labute approximate surface area is 167 Å². The number of likely N-dealkylation sites (N-methyl/N-ethyl adjacent to an activating group) is 1. The standard InChI is InChI=1S/C20H20N4O5/c1-13-22-18(24-29-13)11-27-16-8-6-14(7-9-16)20(26)23-15-4-3-5-17(10-15)28-12-19(25)21-2/h3-10H,11-12H2,1-2H3,(H,21,25)(H,23,26). The van der Waals surface area contributed by atoms with Crippen molar-refractivity contribution in [1.29, 1.82) is 0 Å². The Morgan fingerprint density at radius 3 is 2.55 bits per heavy atom. The molecule has 0 bridgehead atoms. The largest absolute Gasteiger partial charge is 0.485 e. The van der Waals surface area contributed by atoms with Gasteiger partial charge in [0, 0.05) is 31.3 Å². The second-order valence-electron chi connectivity index (χ2n) is 5.99. The highest BCUT2D eigenvalue weighted by Crippen LogP contribution is 2.19. The van der Waals surface area contributed by atoms with Crippen LogP contribution in [0.2, 0.25) is 0 Å². The zero-order valence-electron chi connectivity index (χ0n) is 16.0. The van der Waals surface area contributed by atoms with Gasteiger partial charge in [0.05, 0.1) is 0 Å². The highest BCUT2D eigenvalue weighted by Gasteiger charge is 2.09. The number of hydrogen-bond acceptors (Lipinski definition) is 7. The Hall–Kier alpha value is -3.88. The van der Waals surface area contributed by atoms with Crippen LogP contribution in [0, 0.1) is 6.92 Å². The molecule has 9 heteroatoms. The fourth-order valence-electron chi connectivity index (χ4n) is 2.34. The average molecular weight is 396 g/mol. The summed E-state index contributed by atoms with van der Waals surface area (Å²) in [6.45, 7) is 1.78. The average Bonchev–Trinajstić information content (AvgIpc) is 3.16. The molecule has 0 aliphatic carbocycles. The van der Waals surface area contributed by atoms with E-state index in [4.69, 9.17) is 14.0 Å². The van der Waals surface area contributed by atoms with E-state index >= 15 is 0 Å². The van der Waals surface area contributed by atoms with Crippen LogP contribution in [-0.2, 0) is 11.4 Å². The fraction of sp³-hybridized carbons (Fsp3) is 0.200. The highest BCUT2D eigenvalue weighted by atomic mass is 16.5. The van der Waals surface area contributed by atoms with E-state index in [1.54, 1.807) is 55.5 Å². The van der Waals surface area contributed by atoms with Crippen LogP contribution < -0.4 is 20.1 Å². The van der Waals surface area contributed by atoms with Gasteiger partial charge in [-0.2, -0.15) is 4.98 Å². The number of carbonyl (C=O) groups excluding carboxylic acids is 2. The van der Waals surface area contributed by atoms with E-state index in [1.807, 2.05) is 0 Å². The lowest BCUT2D eigenvalue weighted by Crippen LogP contribution is -2.24. The molecule has 3 aromatic rings. The Bertz CT molecular complexity index is 985. The van der Waals surface area contributed by atoms with Crippen molar-refractivity contribution < 1.29 is 23.6 Å². The number of aryl methyl sites for hydroxylation is 1. The second-order valence-corrected chi connectivity index (χ2v) is 5.99. The van der Waals surface area contributed by atoms with Gasteiger partial charge in [0.2, 0.25) is 11.7 Å². The van der Waals surface area contributed by atoms with Crippen molar-refractivity contribution in [2.24, 2.45) is 0 Å². The first-order valence-corrected chi connectivity index (χ1v) is 8.80. The van der Waals surface area contributed by atoms with Crippen LogP contribution in [-0.4, -0.2) is 35.6 Å². The summed E-state index contributed by atoms with van der Waals surface area (Å²) >= 11 is 0. The molecule has 1 heterocycles. The number of nitrogens with one attached hydrogen (secondary N) is 2. The topological polar surface area (TPSA) is 116 Å². The third kappa shape index (κ3) is 5.80. The molecule has 0 aliphatic rings. The lowest BCUT2D eigenvalue weighted by atomic mass is 10.2. The van der Waals surface area contributed by atoms with Gasteiger partial charge in [-0.3, -0.25) is 9.59 Å². The molecule has 29 heavy (non-hydrogen) atoms. The minimum absolute atomic E-state index is 0.0984. The first-order valence-electron chi connectivity index (χ1n) is 8.80. The number of rotatable bonds is 8. The summed E-state index contributed by atoms with van der Waals surface area (Å²) in [7, 11) is 1.53. The minimum atomic E-state index is -0.284. The predicted molar refractivity (Wildman–Crippen MR) is 104 cm³/mol. The highest BCUT2D eigenvalue weighted by molar-refractivity contribution is 6.04. The number of benzene rings is 2. The van der Waals surface area contributed by atoms with E-state index in [-0.39, 0.29) is 25.0 Å². The number of hydrogen-bond donors (Lipinski definition) is 2. The number of nitrogens with zero attached hydrogens (tertiary/aromatic N) is 2. The van der Waals surface area contributed by atoms with E-state index in [1.165, 1.54) is 7.05 Å². The van der Waals surface area contributed by atoms with Crippen LogP contribution in [0.15, 0.2) is 53.1 Å². The minimum Gasteiger partial charge on any atom is -0.485 e. The van der Waals surface area contributed by atoms with Crippen molar-refractivity contribution in [3.8, 4) is 11.5 Å². The second kappa shape index (κ2) is 9.36. The number of carbonyl (C=O) groups is 2. The van der Waals surface area contributed by atoms with E-state index in [0.717, 1.165) is 0 Å². The van der Waals surface area contributed by atoms with E-state index in [0.29, 0.717) is 34.5 Å². The third-order valence-electron chi connectivity index (χ3n) is 3.79. The third-order valence-corrected chi connectivity index (χ3v) is 3.79. The van der Waals surface area contributed by atoms with Crippen molar-refractivity contribution in [1.82, 2.24) is 15.5 Å². The van der Waals surface area contributed by atoms with Crippen LogP contribution in [0.25, 0.3) is 0 Å². The zero-order valence-corrected chi connectivity index (χ0v) is 16.0. The molecule has 0 saturated heterocycles. The van der Waals surface area contributed by atoms with Gasteiger partial charge >= 0.3 is 0 Å². The van der Waals surface area contributed by atoms with Crippen molar-refractivity contribution >= 4 is 17.5 Å². The number of ether oxygens (including phenoxy) is 2. The van der Waals surface area contributed by atoms with Crippen LogP contribution >= 0.6 is 0 Å².